The first kappa shape index (κ1) is 18.2. The summed E-state index contributed by atoms with van der Waals surface area (Å²) >= 11 is 12.2. The zero-order valence-corrected chi connectivity index (χ0v) is 15.7. The Balaban J connectivity index is 1.93. The van der Waals surface area contributed by atoms with Crippen LogP contribution in [0.1, 0.15) is 22.3 Å². The monoisotopic (exact) mass is 397 g/mol. The third kappa shape index (κ3) is 4.35. The van der Waals surface area contributed by atoms with Gasteiger partial charge in [-0.25, -0.2) is 8.42 Å². The van der Waals surface area contributed by atoms with E-state index < -0.39 is 9.84 Å². The average molecular weight is 398 g/mol. The van der Waals surface area contributed by atoms with Crippen LogP contribution < -0.4 is 0 Å². The lowest BCUT2D eigenvalue weighted by Gasteiger charge is -2.29. The Morgan fingerprint density at radius 1 is 1.12 bits per heavy atom. The second-order valence-electron chi connectivity index (χ2n) is 6.09. The van der Waals surface area contributed by atoms with Gasteiger partial charge in [-0.2, -0.15) is 0 Å². The number of hydrogen-bond acceptors (Lipinski definition) is 3. The van der Waals surface area contributed by atoms with Crippen molar-refractivity contribution in [2.24, 2.45) is 0 Å². The van der Waals surface area contributed by atoms with Gasteiger partial charge in [-0.15, -0.1) is 0 Å². The third-order valence-corrected chi connectivity index (χ3v) is 6.62. The zero-order valence-electron chi connectivity index (χ0n) is 13.4. The van der Waals surface area contributed by atoms with Gasteiger partial charge >= 0.3 is 0 Å². The molecule has 0 aromatic heterocycles. The maximum absolute atomic E-state index is 13.0. The van der Waals surface area contributed by atoms with E-state index in [0.29, 0.717) is 22.0 Å². The van der Waals surface area contributed by atoms with E-state index in [1.807, 2.05) is 6.07 Å². The molecule has 4 nitrogen and oxygen atoms in total. The number of carbonyl (C=O) groups is 1. The quantitative estimate of drug-likeness (QED) is 0.787. The van der Waals surface area contributed by atoms with Gasteiger partial charge < -0.3 is 4.90 Å². The molecule has 1 amide bonds. The molecule has 7 heteroatoms. The molecule has 1 aliphatic rings. The van der Waals surface area contributed by atoms with Crippen molar-refractivity contribution >= 4 is 38.9 Å². The third-order valence-electron chi connectivity index (χ3n) is 4.29. The van der Waals surface area contributed by atoms with Gasteiger partial charge in [0.05, 0.1) is 11.5 Å². The molecule has 2 aromatic rings. The highest BCUT2D eigenvalue weighted by Gasteiger charge is 2.35. The van der Waals surface area contributed by atoms with Gasteiger partial charge in [0, 0.05) is 28.2 Å². The summed E-state index contributed by atoms with van der Waals surface area (Å²) in [6.45, 7) is 0.240. The lowest BCUT2D eigenvalue weighted by atomic mass is 10.1. The fourth-order valence-electron chi connectivity index (χ4n) is 2.97. The Morgan fingerprint density at radius 2 is 1.84 bits per heavy atom. The minimum Gasteiger partial charge on any atom is -0.330 e. The maximum atomic E-state index is 13.0. The minimum atomic E-state index is -3.11. The van der Waals surface area contributed by atoms with Crippen LogP contribution in [-0.4, -0.2) is 36.8 Å². The van der Waals surface area contributed by atoms with Crippen LogP contribution >= 0.6 is 23.2 Å². The van der Waals surface area contributed by atoms with Crippen molar-refractivity contribution < 1.29 is 13.2 Å². The van der Waals surface area contributed by atoms with E-state index in [-0.39, 0.29) is 30.0 Å². The molecule has 0 saturated carbocycles. The van der Waals surface area contributed by atoms with Crippen LogP contribution in [0.4, 0.5) is 0 Å². The van der Waals surface area contributed by atoms with Crippen LogP contribution in [0.25, 0.3) is 0 Å². The van der Waals surface area contributed by atoms with Crippen LogP contribution in [0.5, 0.6) is 0 Å². The Bertz CT molecular complexity index is 884. The van der Waals surface area contributed by atoms with Gasteiger partial charge in [-0.05, 0) is 36.2 Å². The van der Waals surface area contributed by atoms with Crippen LogP contribution in [0.15, 0.2) is 48.5 Å². The van der Waals surface area contributed by atoms with Gasteiger partial charge in [-0.1, -0.05) is 47.5 Å². The summed E-state index contributed by atoms with van der Waals surface area (Å²) in [6, 6.07) is 13.6. The molecule has 1 fully saturated rings. The highest BCUT2D eigenvalue weighted by Crippen LogP contribution is 2.26. The summed E-state index contributed by atoms with van der Waals surface area (Å²) < 4.78 is 23.8. The predicted octanol–water partition coefficient (Wildman–Crippen LogP) is 3.82. The molecule has 0 radical (unpaired) electrons. The summed E-state index contributed by atoms with van der Waals surface area (Å²) in [6.07, 6.45) is 0.437. The smallest absolute Gasteiger partial charge is 0.254 e. The maximum Gasteiger partial charge on any atom is 0.254 e. The van der Waals surface area contributed by atoms with Crippen LogP contribution in [0, 0.1) is 0 Å². The summed E-state index contributed by atoms with van der Waals surface area (Å²) in [5.41, 5.74) is 1.26. The Hall–Kier alpha value is -1.56. The van der Waals surface area contributed by atoms with Crippen LogP contribution in [0.3, 0.4) is 0 Å². The molecule has 0 spiro atoms. The van der Waals surface area contributed by atoms with Gasteiger partial charge in [0.15, 0.2) is 9.84 Å². The molecule has 1 saturated heterocycles. The van der Waals surface area contributed by atoms with E-state index in [9.17, 15) is 13.2 Å². The van der Waals surface area contributed by atoms with E-state index in [1.165, 1.54) is 0 Å². The van der Waals surface area contributed by atoms with E-state index in [4.69, 9.17) is 23.2 Å². The first-order valence-electron chi connectivity index (χ1n) is 7.86. The molecule has 1 heterocycles. The van der Waals surface area contributed by atoms with Crippen molar-refractivity contribution in [2.45, 2.75) is 19.0 Å². The Kier molecular flexibility index (Phi) is 5.37. The number of sulfone groups is 1. The van der Waals surface area contributed by atoms with Gasteiger partial charge in [0.25, 0.3) is 5.91 Å². The molecule has 1 atom stereocenters. The highest BCUT2D eigenvalue weighted by atomic mass is 35.5. The molecular formula is C18H17Cl2NO3S. The second-order valence-corrected chi connectivity index (χ2v) is 9.16. The molecule has 2 aromatic carbocycles. The highest BCUT2D eigenvalue weighted by molar-refractivity contribution is 7.91. The number of halogens is 2. The molecule has 132 valence electrons. The summed E-state index contributed by atoms with van der Waals surface area (Å²) in [5.74, 6) is -0.116. The average Bonchev–Trinajstić information content (AvgIpc) is 2.94. The van der Waals surface area contributed by atoms with Crippen molar-refractivity contribution in [2.75, 3.05) is 11.5 Å². The van der Waals surface area contributed by atoms with E-state index >= 15 is 0 Å². The Labute approximate surface area is 157 Å². The fraction of sp³-hybridized carbons (Fsp3) is 0.278. The van der Waals surface area contributed by atoms with Gasteiger partial charge in [0.1, 0.15) is 0 Å². The first-order chi connectivity index (χ1) is 11.9. The molecule has 1 aliphatic heterocycles. The standard InChI is InChI=1S/C18H17Cl2NO3S/c19-15-7-6-14(17(20)10-15)11-21(16-8-9-25(23,24)12-16)18(22)13-4-2-1-3-5-13/h1-7,10,16H,8-9,11-12H2/t16-/m0/s1. The second kappa shape index (κ2) is 7.36. The predicted molar refractivity (Wildman–Crippen MR) is 99.8 cm³/mol. The molecular weight excluding hydrogens is 381 g/mol. The lowest BCUT2D eigenvalue weighted by Crippen LogP contribution is -2.40. The van der Waals surface area contributed by atoms with Crippen LogP contribution in [0.2, 0.25) is 10.0 Å². The molecule has 0 aliphatic carbocycles. The van der Waals surface area contributed by atoms with Crippen LogP contribution in [-0.2, 0) is 16.4 Å². The molecule has 0 N–H and O–H groups in total. The van der Waals surface area contributed by atoms with Gasteiger partial charge in [-0.3, -0.25) is 4.79 Å². The minimum absolute atomic E-state index is 0.0171. The van der Waals surface area contributed by atoms with E-state index in [1.54, 1.807) is 47.4 Å². The van der Waals surface area contributed by atoms with Crippen molar-refractivity contribution in [1.82, 2.24) is 4.90 Å². The van der Waals surface area contributed by atoms with Gasteiger partial charge in [0.2, 0.25) is 0 Å². The molecule has 3 rings (SSSR count). The largest absolute Gasteiger partial charge is 0.330 e. The molecule has 25 heavy (non-hydrogen) atoms. The number of nitrogens with zero attached hydrogens (tertiary/aromatic N) is 1. The molecule has 0 bridgehead atoms. The van der Waals surface area contributed by atoms with Crippen molar-refractivity contribution in [1.29, 1.82) is 0 Å². The number of rotatable bonds is 4. The SMILES string of the molecule is O=C(c1ccccc1)N(Cc1ccc(Cl)cc1Cl)[C@H]1CCS(=O)(=O)C1. The number of benzene rings is 2. The van der Waals surface area contributed by atoms with E-state index in [2.05, 4.69) is 0 Å². The number of carbonyl (C=O) groups excluding carboxylic acids is 1. The topological polar surface area (TPSA) is 54.5 Å². The molecule has 0 unspecified atom stereocenters. The summed E-state index contributed by atoms with van der Waals surface area (Å²) in [4.78, 5) is 14.6. The Morgan fingerprint density at radius 3 is 2.44 bits per heavy atom. The van der Waals surface area contributed by atoms with Crippen molar-refractivity contribution in [3.8, 4) is 0 Å². The van der Waals surface area contributed by atoms with E-state index in [0.717, 1.165) is 5.56 Å². The van der Waals surface area contributed by atoms with Crippen molar-refractivity contribution in [3.63, 3.8) is 0 Å². The van der Waals surface area contributed by atoms with Crippen molar-refractivity contribution in [3.05, 3.63) is 69.7 Å². The zero-order chi connectivity index (χ0) is 18.0. The summed E-state index contributed by atoms with van der Waals surface area (Å²) in [7, 11) is -3.11. The lowest BCUT2D eigenvalue weighted by molar-refractivity contribution is 0.0681. The number of hydrogen-bond donors (Lipinski definition) is 0. The fourth-order valence-corrected chi connectivity index (χ4v) is 5.17. The number of amides is 1. The first-order valence-corrected chi connectivity index (χ1v) is 10.4. The normalized spacial score (nSPS) is 18.9. The summed E-state index contributed by atoms with van der Waals surface area (Å²) in [5, 5.41) is 0.970.